The molecule has 0 aromatic heterocycles. The smallest absolute Gasteiger partial charge is 0.0195 e. The topological polar surface area (TPSA) is 26.0 Å². The maximum atomic E-state index is 4.50. The second-order valence-corrected chi connectivity index (χ2v) is 1.71. The van der Waals surface area contributed by atoms with E-state index in [1.807, 2.05) is 13.8 Å². The van der Waals surface area contributed by atoms with E-state index in [2.05, 4.69) is 19.6 Å². The number of nitrogens with two attached hydrogens (primary N) is 1. The Morgan fingerprint density at radius 1 is 0.800 bits per heavy atom. The Kier molecular flexibility index (Phi) is 59.8. The normalized spacial score (nSPS) is 6.60. The van der Waals surface area contributed by atoms with Gasteiger partial charge in [-0.2, -0.15) is 0 Å². The quantitative estimate of drug-likeness (QED) is 0.610. The number of rotatable bonds is 3. The molecule has 0 aromatic carbocycles. The highest BCUT2D eigenvalue weighted by Crippen LogP contribution is 1.95. The Morgan fingerprint density at radius 3 is 1.10 bits per heavy atom. The second kappa shape index (κ2) is 36.2. The third-order valence-electron chi connectivity index (χ3n) is 0.957. The third-order valence-corrected chi connectivity index (χ3v) is 0.957. The molecule has 1 heteroatoms. The van der Waals surface area contributed by atoms with Crippen LogP contribution in [-0.2, 0) is 0 Å². The summed E-state index contributed by atoms with van der Waals surface area (Å²) in [5.74, 6) is 0. The van der Waals surface area contributed by atoms with Crippen LogP contribution in [-0.4, -0.2) is 7.05 Å². The average molecular weight is 147 g/mol. The standard InChI is InChI=1S/C6H14.C2H6.CH5N/c1-3-5-6-4-2;2*1-2/h3-6H2,1-2H3;1-2H3;2H2,1H3. The molecule has 0 rings (SSSR count). The van der Waals surface area contributed by atoms with Crippen LogP contribution in [0.1, 0.15) is 53.4 Å². The minimum atomic E-state index is 1.36. The Balaban J connectivity index is -0.000000105. The number of hydrogen-bond donors (Lipinski definition) is 1. The summed E-state index contributed by atoms with van der Waals surface area (Å²) in [7, 11) is 1.50. The molecule has 0 fully saturated rings. The van der Waals surface area contributed by atoms with Crippen molar-refractivity contribution in [1.29, 1.82) is 0 Å². The summed E-state index contributed by atoms with van der Waals surface area (Å²) in [6, 6.07) is 0. The van der Waals surface area contributed by atoms with Crippen molar-refractivity contribution in [3.05, 3.63) is 0 Å². The largest absolute Gasteiger partial charge is 0.333 e. The first-order valence-corrected chi connectivity index (χ1v) is 4.49. The Bertz CT molecular complexity index is 16.7. The van der Waals surface area contributed by atoms with Gasteiger partial charge in [-0.15, -0.1) is 0 Å². The molecule has 0 amide bonds. The lowest BCUT2D eigenvalue weighted by Gasteiger charge is -1.86. The van der Waals surface area contributed by atoms with Gasteiger partial charge >= 0.3 is 0 Å². The maximum Gasteiger partial charge on any atom is -0.0195 e. The van der Waals surface area contributed by atoms with Crippen LogP contribution in [0, 0.1) is 0 Å². The van der Waals surface area contributed by atoms with Crippen LogP contribution in [0.3, 0.4) is 0 Å². The minimum Gasteiger partial charge on any atom is -0.333 e. The van der Waals surface area contributed by atoms with Gasteiger partial charge in [0.1, 0.15) is 0 Å². The monoisotopic (exact) mass is 147 g/mol. The van der Waals surface area contributed by atoms with Crippen molar-refractivity contribution >= 4 is 0 Å². The van der Waals surface area contributed by atoms with E-state index in [1.54, 1.807) is 0 Å². The zero-order valence-electron chi connectivity index (χ0n) is 8.41. The van der Waals surface area contributed by atoms with Crippen molar-refractivity contribution in [2.45, 2.75) is 53.4 Å². The Labute approximate surface area is 67.0 Å². The van der Waals surface area contributed by atoms with E-state index >= 15 is 0 Å². The SMILES string of the molecule is CC.CCCCCC.CN. The summed E-state index contributed by atoms with van der Waals surface area (Å²) in [5.41, 5.74) is 4.50. The molecule has 0 saturated heterocycles. The lowest BCUT2D eigenvalue weighted by Crippen LogP contribution is -1.69. The molecule has 0 aliphatic carbocycles. The Hall–Kier alpha value is -0.0400. The van der Waals surface area contributed by atoms with Gasteiger partial charge in [-0.05, 0) is 7.05 Å². The molecule has 0 saturated carbocycles. The summed E-state index contributed by atoms with van der Waals surface area (Å²) in [6.45, 7) is 8.46. The summed E-state index contributed by atoms with van der Waals surface area (Å²) in [6.07, 6.45) is 5.54. The fourth-order valence-corrected chi connectivity index (χ4v) is 0.500. The lowest BCUT2D eigenvalue weighted by molar-refractivity contribution is 0.702. The van der Waals surface area contributed by atoms with Crippen LogP contribution >= 0.6 is 0 Å². The molecular weight excluding hydrogens is 122 g/mol. The van der Waals surface area contributed by atoms with Crippen molar-refractivity contribution in [2.24, 2.45) is 5.73 Å². The van der Waals surface area contributed by atoms with Crippen LogP contribution < -0.4 is 5.73 Å². The van der Waals surface area contributed by atoms with Gasteiger partial charge in [0.2, 0.25) is 0 Å². The summed E-state index contributed by atoms with van der Waals surface area (Å²) in [4.78, 5) is 0. The second-order valence-electron chi connectivity index (χ2n) is 1.71. The zero-order chi connectivity index (χ0) is 8.83. The van der Waals surface area contributed by atoms with E-state index in [4.69, 9.17) is 0 Å². The fourth-order valence-electron chi connectivity index (χ4n) is 0.500. The van der Waals surface area contributed by atoms with Gasteiger partial charge < -0.3 is 5.73 Å². The molecule has 0 heterocycles. The van der Waals surface area contributed by atoms with Crippen LogP contribution in [0.15, 0.2) is 0 Å². The minimum absolute atomic E-state index is 1.36. The van der Waals surface area contributed by atoms with Crippen molar-refractivity contribution in [3.8, 4) is 0 Å². The zero-order valence-corrected chi connectivity index (χ0v) is 8.41. The first kappa shape index (κ1) is 16.5. The molecule has 0 unspecified atom stereocenters. The van der Waals surface area contributed by atoms with E-state index in [9.17, 15) is 0 Å². The Morgan fingerprint density at radius 2 is 1.00 bits per heavy atom. The number of unbranched alkanes of at least 4 members (excludes halogenated alkanes) is 3. The lowest BCUT2D eigenvalue weighted by atomic mass is 10.2. The molecule has 1 nitrogen and oxygen atoms in total. The highest BCUT2D eigenvalue weighted by atomic mass is 14.4. The van der Waals surface area contributed by atoms with E-state index < -0.39 is 0 Å². The molecular formula is C9H25N. The predicted octanol–water partition coefficient (Wildman–Crippen LogP) is 3.19. The van der Waals surface area contributed by atoms with E-state index in [0.717, 1.165) is 0 Å². The highest BCUT2D eigenvalue weighted by Gasteiger charge is 1.75. The highest BCUT2D eigenvalue weighted by molar-refractivity contribution is 4.31. The van der Waals surface area contributed by atoms with Gasteiger partial charge in [0.15, 0.2) is 0 Å². The number of hydrogen-bond acceptors (Lipinski definition) is 1. The predicted molar refractivity (Wildman–Crippen MR) is 51.3 cm³/mol. The van der Waals surface area contributed by atoms with Gasteiger partial charge in [0.05, 0.1) is 0 Å². The first-order valence-electron chi connectivity index (χ1n) is 4.49. The van der Waals surface area contributed by atoms with Crippen LogP contribution in [0.25, 0.3) is 0 Å². The molecule has 2 N–H and O–H groups in total. The van der Waals surface area contributed by atoms with Gasteiger partial charge in [-0.1, -0.05) is 53.4 Å². The molecule has 0 aliphatic rings. The van der Waals surface area contributed by atoms with Gasteiger partial charge in [0, 0.05) is 0 Å². The molecule has 0 atom stereocenters. The summed E-state index contributed by atoms with van der Waals surface area (Å²) < 4.78 is 0. The van der Waals surface area contributed by atoms with E-state index in [1.165, 1.54) is 32.7 Å². The van der Waals surface area contributed by atoms with Crippen molar-refractivity contribution < 1.29 is 0 Å². The molecule has 10 heavy (non-hydrogen) atoms. The fraction of sp³-hybridized carbons (Fsp3) is 1.00. The van der Waals surface area contributed by atoms with Gasteiger partial charge in [-0.25, -0.2) is 0 Å². The van der Waals surface area contributed by atoms with Crippen molar-refractivity contribution in [3.63, 3.8) is 0 Å². The van der Waals surface area contributed by atoms with E-state index in [-0.39, 0.29) is 0 Å². The van der Waals surface area contributed by atoms with Crippen molar-refractivity contribution in [1.82, 2.24) is 0 Å². The molecule has 0 aliphatic heterocycles. The molecule has 0 aromatic rings. The van der Waals surface area contributed by atoms with E-state index in [0.29, 0.717) is 0 Å². The van der Waals surface area contributed by atoms with Crippen LogP contribution in [0.5, 0.6) is 0 Å². The molecule has 0 spiro atoms. The first-order chi connectivity index (χ1) is 4.91. The molecule has 0 radical (unpaired) electrons. The van der Waals surface area contributed by atoms with Gasteiger partial charge in [-0.3, -0.25) is 0 Å². The molecule has 0 bridgehead atoms. The van der Waals surface area contributed by atoms with Crippen LogP contribution in [0.2, 0.25) is 0 Å². The third kappa shape index (κ3) is 44.0. The van der Waals surface area contributed by atoms with Gasteiger partial charge in [0.25, 0.3) is 0 Å². The maximum absolute atomic E-state index is 4.50. The average Bonchev–Trinajstić information content (AvgIpc) is 2.08. The summed E-state index contributed by atoms with van der Waals surface area (Å²) in [5, 5.41) is 0. The molecule has 66 valence electrons. The van der Waals surface area contributed by atoms with Crippen molar-refractivity contribution in [2.75, 3.05) is 7.05 Å². The van der Waals surface area contributed by atoms with Crippen LogP contribution in [0.4, 0.5) is 0 Å². The summed E-state index contributed by atoms with van der Waals surface area (Å²) >= 11 is 0.